The maximum absolute atomic E-state index is 2.38. The summed E-state index contributed by atoms with van der Waals surface area (Å²) in [6.07, 6.45) is 11.0. The molecule has 200 valence electrons. The van der Waals surface area contributed by atoms with Crippen LogP contribution in [0.15, 0.2) is 109 Å². The van der Waals surface area contributed by atoms with Gasteiger partial charge in [0.1, 0.15) is 0 Å². The molecule has 2 aliphatic carbocycles. The Morgan fingerprint density at radius 3 is 2.07 bits per heavy atom. The number of hydrogen-bond acceptors (Lipinski definition) is 2. The highest BCUT2D eigenvalue weighted by molar-refractivity contribution is 6.09. The molecule has 42 heavy (non-hydrogen) atoms. The van der Waals surface area contributed by atoms with E-state index < -0.39 is 0 Å². The van der Waals surface area contributed by atoms with Gasteiger partial charge in [-0.1, -0.05) is 78.9 Å². The van der Waals surface area contributed by atoms with Gasteiger partial charge in [0.25, 0.3) is 0 Å². The van der Waals surface area contributed by atoms with Crippen LogP contribution in [0.4, 0.5) is 11.4 Å². The maximum atomic E-state index is 2.38. The Labute approximate surface area is 246 Å². The molecule has 0 saturated heterocycles. The van der Waals surface area contributed by atoms with E-state index in [1.165, 1.54) is 88.6 Å². The van der Waals surface area contributed by atoms with Gasteiger partial charge in [-0.25, -0.2) is 0 Å². The molecule has 0 spiro atoms. The summed E-state index contributed by atoms with van der Waals surface area (Å²) >= 11 is 0. The highest BCUT2D eigenvalue weighted by atomic mass is 15.1. The zero-order valence-corrected chi connectivity index (χ0v) is 23.9. The normalized spacial score (nSPS) is 14.4. The number of rotatable bonds is 0. The van der Waals surface area contributed by atoms with Crippen molar-refractivity contribution in [2.24, 2.45) is 0 Å². The summed E-state index contributed by atoms with van der Waals surface area (Å²) in [5.74, 6) is 0. The summed E-state index contributed by atoms with van der Waals surface area (Å²) in [5.41, 5.74) is 16.9. The third-order valence-electron chi connectivity index (χ3n) is 9.59. The molecule has 0 bridgehead atoms. The van der Waals surface area contributed by atoms with Crippen LogP contribution in [-0.4, -0.2) is 14.1 Å². The molecule has 2 nitrogen and oxygen atoms in total. The lowest BCUT2D eigenvalue weighted by Gasteiger charge is -2.24. The molecular weight excluding hydrogens is 508 g/mol. The van der Waals surface area contributed by atoms with Crippen LogP contribution in [-0.2, 0) is 12.8 Å². The van der Waals surface area contributed by atoms with Crippen LogP contribution in [0.1, 0.15) is 33.4 Å². The average molecular weight is 539 g/mol. The third-order valence-corrected chi connectivity index (χ3v) is 9.59. The second kappa shape index (κ2) is 8.71. The van der Waals surface area contributed by atoms with E-state index in [0.29, 0.717) is 0 Å². The van der Waals surface area contributed by atoms with Gasteiger partial charge in [0, 0.05) is 48.6 Å². The van der Waals surface area contributed by atoms with Gasteiger partial charge in [-0.3, -0.25) is 0 Å². The molecule has 6 aromatic rings. The molecule has 4 aliphatic rings. The summed E-state index contributed by atoms with van der Waals surface area (Å²) in [7, 11) is 4.24. The monoisotopic (exact) mass is 538 g/mol. The van der Waals surface area contributed by atoms with Gasteiger partial charge in [-0.2, -0.15) is 0 Å². The molecule has 6 aromatic carbocycles. The van der Waals surface area contributed by atoms with E-state index in [2.05, 4.69) is 146 Å². The van der Waals surface area contributed by atoms with Gasteiger partial charge in [0.2, 0.25) is 0 Å². The second-order valence-electron chi connectivity index (χ2n) is 11.9. The van der Waals surface area contributed by atoms with Crippen molar-refractivity contribution in [3.8, 4) is 22.3 Å². The number of benzene rings is 6. The van der Waals surface area contributed by atoms with E-state index in [1.807, 2.05) is 0 Å². The van der Waals surface area contributed by atoms with E-state index >= 15 is 0 Å². The van der Waals surface area contributed by atoms with E-state index in [9.17, 15) is 0 Å². The Bertz CT molecular complexity index is 2180. The topological polar surface area (TPSA) is 6.48 Å². The molecule has 2 aliphatic heterocycles. The first-order valence-electron chi connectivity index (χ1n) is 14.8. The average Bonchev–Trinajstić information content (AvgIpc) is 3.59. The Kier molecular flexibility index (Phi) is 4.90. The van der Waals surface area contributed by atoms with Gasteiger partial charge < -0.3 is 9.80 Å². The first-order valence-corrected chi connectivity index (χ1v) is 14.8. The SMILES string of the molecule is CN1C=Cc2c3c(cc4cccc1c24)Cc1ccccc1-3.CN1C=Cc2cc3c(c4cccc1c24)Cc1ccccc1-3. The van der Waals surface area contributed by atoms with Crippen molar-refractivity contribution in [1.82, 2.24) is 0 Å². The predicted octanol–water partition coefficient (Wildman–Crippen LogP) is 9.66. The fourth-order valence-corrected chi connectivity index (χ4v) is 7.65. The molecular formula is C40H30N2. The molecule has 10 rings (SSSR count). The smallest absolute Gasteiger partial charge is 0.0489 e. The molecule has 0 aromatic heterocycles. The fraction of sp³-hybridized carbons (Fsp3) is 0.100. The fourth-order valence-electron chi connectivity index (χ4n) is 7.65. The zero-order valence-electron chi connectivity index (χ0n) is 23.9. The van der Waals surface area contributed by atoms with Crippen molar-refractivity contribution >= 4 is 45.1 Å². The van der Waals surface area contributed by atoms with E-state index in [0.717, 1.165) is 12.8 Å². The van der Waals surface area contributed by atoms with E-state index in [1.54, 1.807) is 0 Å². The van der Waals surface area contributed by atoms with Gasteiger partial charge in [0.15, 0.2) is 0 Å². The molecule has 0 N–H and O–H groups in total. The van der Waals surface area contributed by atoms with Crippen LogP contribution in [0.5, 0.6) is 0 Å². The molecule has 0 atom stereocenters. The minimum Gasteiger partial charge on any atom is -0.351 e. The van der Waals surface area contributed by atoms with Gasteiger partial charge >= 0.3 is 0 Å². The summed E-state index contributed by atoms with van der Waals surface area (Å²) in [6, 6.07) is 35.6. The molecule has 0 fully saturated rings. The lowest BCUT2D eigenvalue weighted by atomic mass is 9.91. The molecule has 2 heterocycles. The van der Waals surface area contributed by atoms with Crippen LogP contribution < -0.4 is 9.80 Å². The number of fused-ring (bicyclic) bond motifs is 8. The first kappa shape index (κ1) is 23.6. The number of anilines is 2. The summed E-state index contributed by atoms with van der Waals surface area (Å²) in [5, 5.41) is 5.55. The highest BCUT2D eigenvalue weighted by Gasteiger charge is 2.26. The standard InChI is InChI=1S/2C20H15N/c1-21-10-9-17-19-15(11-13-5-2-3-7-16(13)19)12-14-6-4-8-18(21)20(14)17;1-21-10-9-14-12-17-15-6-3-2-5-13(15)11-18(17)16-7-4-8-19(21)20(14)16/h2*2-10,12H,11H2,1H3. The van der Waals surface area contributed by atoms with Crippen molar-refractivity contribution in [2.45, 2.75) is 12.8 Å². The Morgan fingerprint density at radius 1 is 0.548 bits per heavy atom. The number of hydrogen-bond donors (Lipinski definition) is 0. The Hall–Kier alpha value is -5.08. The van der Waals surface area contributed by atoms with Crippen molar-refractivity contribution < 1.29 is 0 Å². The van der Waals surface area contributed by atoms with Crippen molar-refractivity contribution in [3.63, 3.8) is 0 Å². The van der Waals surface area contributed by atoms with Crippen molar-refractivity contribution in [2.75, 3.05) is 23.9 Å². The van der Waals surface area contributed by atoms with Crippen LogP contribution in [0.3, 0.4) is 0 Å². The molecule has 2 heteroatoms. The summed E-state index contributed by atoms with van der Waals surface area (Å²) in [6.45, 7) is 0. The molecule has 0 amide bonds. The first-order chi connectivity index (χ1) is 20.7. The van der Waals surface area contributed by atoms with Crippen molar-refractivity contribution in [3.05, 3.63) is 143 Å². The van der Waals surface area contributed by atoms with Gasteiger partial charge in [0.05, 0.1) is 0 Å². The minimum absolute atomic E-state index is 1.05. The van der Waals surface area contributed by atoms with E-state index in [4.69, 9.17) is 0 Å². The van der Waals surface area contributed by atoms with Crippen LogP contribution >= 0.6 is 0 Å². The third kappa shape index (κ3) is 3.27. The summed E-state index contributed by atoms with van der Waals surface area (Å²) in [4.78, 5) is 4.42. The lowest BCUT2D eigenvalue weighted by molar-refractivity contribution is 1.21. The lowest BCUT2D eigenvalue weighted by Crippen LogP contribution is -2.11. The quantitative estimate of drug-likeness (QED) is 0.190. The molecule has 0 unspecified atom stereocenters. The molecule has 0 radical (unpaired) electrons. The number of nitrogens with zero attached hydrogens (tertiary/aromatic N) is 2. The van der Waals surface area contributed by atoms with Gasteiger partial charge in [-0.05, 0) is 110 Å². The van der Waals surface area contributed by atoms with Gasteiger partial charge in [-0.15, -0.1) is 0 Å². The van der Waals surface area contributed by atoms with Crippen LogP contribution in [0, 0.1) is 0 Å². The summed E-state index contributed by atoms with van der Waals surface area (Å²) < 4.78 is 0. The van der Waals surface area contributed by atoms with E-state index in [-0.39, 0.29) is 0 Å². The van der Waals surface area contributed by atoms with Crippen molar-refractivity contribution in [1.29, 1.82) is 0 Å². The zero-order chi connectivity index (χ0) is 27.9. The maximum Gasteiger partial charge on any atom is 0.0489 e. The van der Waals surface area contributed by atoms with Crippen LogP contribution in [0.2, 0.25) is 0 Å². The second-order valence-corrected chi connectivity index (χ2v) is 11.9. The Morgan fingerprint density at radius 2 is 1.24 bits per heavy atom. The van der Waals surface area contributed by atoms with Crippen LogP contribution in [0.25, 0.3) is 56.0 Å². The predicted molar refractivity (Wildman–Crippen MR) is 179 cm³/mol. The minimum atomic E-state index is 1.05. The molecule has 0 saturated carbocycles. The highest BCUT2D eigenvalue weighted by Crippen LogP contribution is 2.47. The largest absolute Gasteiger partial charge is 0.351 e. The Balaban J connectivity index is 0.000000119.